The van der Waals surface area contributed by atoms with Gasteiger partial charge in [-0.15, -0.1) is 9.24 Å². The van der Waals surface area contributed by atoms with Crippen molar-refractivity contribution in [3.05, 3.63) is 33.4 Å². The van der Waals surface area contributed by atoms with Crippen LogP contribution in [0.5, 0.6) is 0 Å². The minimum atomic E-state index is -0.870. The molecular weight excluding hydrogens is 346 g/mol. The van der Waals surface area contributed by atoms with Crippen LogP contribution in [-0.4, -0.2) is 17.2 Å². The fourth-order valence-corrected chi connectivity index (χ4v) is 2.11. The zero-order valence-corrected chi connectivity index (χ0v) is 13.5. The first-order chi connectivity index (χ1) is 8.13. The molecule has 96 valence electrons. The number of carboxylic acid groups (broad SMARTS) is 1. The summed E-state index contributed by atoms with van der Waals surface area (Å²) in [5.41, 5.74) is 0.364. The smallest absolute Gasteiger partial charge is 0.336 e. The lowest BCUT2D eigenvalue weighted by Gasteiger charge is -1.94. The minimum absolute atomic E-state index is 0.364. The summed E-state index contributed by atoms with van der Waals surface area (Å²) in [7, 11) is 2.75. The Labute approximate surface area is 120 Å². The molecule has 0 aliphatic rings. The van der Waals surface area contributed by atoms with Crippen LogP contribution in [0.2, 0.25) is 0 Å². The van der Waals surface area contributed by atoms with Crippen LogP contribution >= 0.6 is 31.8 Å². The first-order valence-corrected chi connectivity index (χ1v) is 7.70. The first-order valence-electron chi connectivity index (χ1n) is 5.81. The van der Waals surface area contributed by atoms with Crippen molar-refractivity contribution in [2.24, 2.45) is 0 Å². The molecule has 0 spiro atoms. The Morgan fingerprint density at radius 1 is 1.29 bits per heavy atom. The summed E-state index contributed by atoms with van der Waals surface area (Å²) in [5.74, 6) is -0.870. The molecule has 0 aromatic heterocycles. The van der Waals surface area contributed by atoms with E-state index in [0.29, 0.717) is 5.56 Å². The van der Waals surface area contributed by atoms with Gasteiger partial charge in [0.05, 0.1) is 5.56 Å². The van der Waals surface area contributed by atoms with Crippen LogP contribution in [0.1, 0.15) is 43.0 Å². The fraction of sp³-hybridized carbons (Fsp3) is 0.462. The average Bonchev–Trinajstić information content (AvgIpc) is 2.31. The maximum atomic E-state index is 10.4. The van der Waals surface area contributed by atoms with E-state index in [1.165, 1.54) is 31.8 Å². The van der Waals surface area contributed by atoms with Crippen LogP contribution in [0.25, 0.3) is 0 Å². The van der Waals surface area contributed by atoms with Gasteiger partial charge in [0, 0.05) is 3.57 Å². The molecule has 0 amide bonds. The van der Waals surface area contributed by atoms with Crippen molar-refractivity contribution in [1.29, 1.82) is 0 Å². The SMILES string of the molecule is CCCCCCP.O=C(O)c1ccccc1I. The predicted octanol–water partition coefficient (Wildman–Crippen LogP) is 4.43. The number of carboxylic acids is 1. The van der Waals surface area contributed by atoms with Gasteiger partial charge in [-0.25, -0.2) is 4.79 Å². The second-order valence-electron chi connectivity index (χ2n) is 3.63. The average molecular weight is 366 g/mol. The predicted molar refractivity (Wildman–Crippen MR) is 84.8 cm³/mol. The maximum absolute atomic E-state index is 10.4. The molecule has 1 N–H and O–H groups in total. The highest BCUT2D eigenvalue weighted by Gasteiger charge is 2.04. The Morgan fingerprint density at radius 3 is 2.35 bits per heavy atom. The van der Waals surface area contributed by atoms with Gasteiger partial charge in [-0.1, -0.05) is 38.3 Å². The third-order valence-corrected chi connectivity index (χ3v) is 3.51. The van der Waals surface area contributed by atoms with Gasteiger partial charge in [0.2, 0.25) is 0 Å². The third kappa shape index (κ3) is 8.56. The lowest BCUT2D eigenvalue weighted by Crippen LogP contribution is -1.97. The number of halogens is 1. The van der Waals surface area contributed by atoms with Crippen LogP contribution in [0, 0.1) is 3.57 Å². The summed E-state index contributed by atoms with van der Waals surface area (Å²) in [6.45, 7) is 2.24. The molecule has 1 aromatic rings. The molecule has 0 radical (unpaired) electrons. The summed E-state index contributed by atoms with van der Waals surface area (Å²) in [5, 5.41) is 8.56. The van der Waals surface area contributed by atoms with Crippen molar-refractivity contribution in [3.8, 4) is 0 Å². The van der Waals surface area contributed by atoms with E-state index in [1.54, 1.807) is 18.2 Å². The van der Waals surface area contributed by atoms with Gasteiger partial charge in [0.25, 0.3) is 0 Å². The number of carbonyl (C=O) groups is 1. The third-order valence-electron chi connectivity index (χ3n) is 2.16. The molecule has 1 aromatic carbocycles. The van der Waals surface area contributed by atoms with Gasteiger partial charge in [-0.05, 0) is 47.3 Å². The van der Waals surface area contributed by atoms with Crippen molar-refractivity contribution in [3.63, 3.8) is 0 Å². The highest BCUT2D eigenvalue weighted by Crippen LogP contribution is 2.10. The molecule has 4 heteroatoms. The lowest BCUT2D eigenvalue weighted by atomic mass is 10.2. The van der Waals surface area contributed by atoms with E-state index in [9.17, 15) is 4.79 Å². The van der Waals surface area contributed by atoms with Gasteiger partial charge >= 0.3 is 5.97 Å². The van der Waals surface area contributed by atoms with Crippen LogP contribution in [0.4, 0.5) is 0 Å². The molecule has 0 heterocycles. The largest absolute Gasteiger partial charge is 0.478 e. The van der Waals surface area contributed by atoms with E-state index in [-0.39, 0.29) is 0 Å². The lowest BCUT2D eigenvalue weighted by molar-refractivity contribution is 0.0695. The maximum Gasteiger partial charge on any atom is 0.336 e. The molecule has 1 atom stereocenters. The summed E-state index contributed by atoms with van der Waals surface area (Å²) in [6.07, 6.45) is 6.84. The Morgan fingerprint density at radius 2 is 1.94 bits per heavy atom. The first kappa shape index (κ1) is 16.9. The number of rotatable bonds is 5. The van der Waals surface area contributed by atoms with Gasteiger partial charge in [0.1, 0.15) is 0 Å². The van der Waals surface area contributed by atoms with Gasteiger partial charge in [0.15, 0.2) is 0 Å². The molecule has 1 unspecified atom stereocenters. The highest BCUT2D eigenvalue weighted by molar-refractivity contribution is 14.1. The molecule has 0 aliphatic heterocycles. The molecule has 17 heavy (non-hydrogen) atoms. The van der Waals surface area contributed by atoms with E-state index in [4.69, 9.17) is 5.11 Å². The highest BCUT2D eigenvalue weighted by atomic mass is 127. The van der Waals surface area contributed by atoms with Crippen LogP contribution in [0.15, 0.2) is 24.3 Å². The zero-order valence-electron chi connectivity index (χ0n) is 10.2. The van der Waals surface area contributed by atoms with E-state index < -0.39 is 5.97 Å². The second kappa shape index (κ2) is 11.0. The fourth-order valence-electron chi connectivity index (χ4n) is 1.21. The van der Waals surface area contributed by atoms with E-state index in [0.717, 1.165) is 3.57 Å². The summed E-state index contributed by atoms with van der Waals surface area (Å²) < 4.78 is 0.771. The number of aromatic carboxylic acids is 1. The summed E-state index contributed by atoms with van der Waals surface area (Å²) >= 11 is 1.99. The zero-order chi connectivity index (χ0) is 13.1. The minimum Gasteiger partial charge on any atom is -0.478 e. The topological polar surface area (TPSA) is 37.3 Å². The summed E-state index contributed by atoms with van der Waals surface area (Å²) in [6, 6.07) is 6.88. The van der Waals surface area contributed by atoms with E-state index in [1.807, 2.05) is 28.7 Å². The second-order valence-corrected chi connectivity index (χ2v) is 5.37. The van der Waals surface area contributed by atoms with Crippen LogP contribution in [-0.2, 0) is 0 Å². The van der Waals surface area contributed by atoms with Crippen molar-refractivity contribution in [2.45, 2.75) is 32.6 Å². The molecule has 1 rings (SSSR count). The Bertz CT molecular complexity index is 325. The van der Waals surface area contributed by atoms with Gasteiger partial charge < -0.3 is 5.11 Å². The Balaban J connectivity index is 0.000000325. The van der Waals surface area contributed by atoms with Crippen molar-refractivity contribution < 1.29 is 9.90 Å². The van der Waals surface area contributed by atoms with Gasteiger partial charge in [-0.2, -0.15) is 0 Å². The van der Waals surface area contributed by atoms with Crippen molar-refractivity contribution >= 4 is 37.8 Å². The quantitative estimate of drug-likeness (QED) is 0.476. The molecule has 0 fully saturated rings. The monoisotopic (exact) mass is 366 g/mol. The van der Waals surface area contributed by atoms with Gasteiger partial charge in [-0.3, -0.25) is 0 Å². The van der Waals surface area contributed by atoms with Crippen molar-refractivity contribution in [2.75, 3.05) is 6.16 Å². The standard InChI is InChI=1S/C7H5IO2.C6H15P/c8-6-4-2-1-3-5(6)7(9)10;1-2-3-4-5-6-7/h1-4H,(H,9,10);2-7H2,1H3. The Kier molecular flexibility index (Phi) is 10.9. The number of hydrogen-bond acceptors (Lipinski definition) is 1. The molecule has 0 aliphatic carbocycles. The normalized spacial score (nSPS) is 9.35. The summed E-state index contributed by atoms with van der Waals surface area (Å²) in [4.78, 5) is 10.4. The van der Waals surface area contributed by atoms with E-state index in [2.05, 4.69) is 16.2 Å². The molecule has 0 bridgehead atoms. The van der Waals surface area contributed by atoms with E-state index >= 15 is 0 Å². The number of unbranched alkanes of at least 4 members (excludes halogenated alkanes) is 3. The van der Waals surface area contributed by atoms with Crippen LogP contribution < -0.4 is 0 Å². The van der Waals surface area contributed by atoms with Crippen LogP contribution in [0.3, 0.4) is 0 Å². The number of hydrogen-bond donors (Lipinski definition) is 1. The van der Waals surface area contributed by atoms with Crippen molar-refractivity contribution in [1.82, 2.24) is 0 Å². The number of benzene rings is 1. The molecule has 2 nitrogen and oxygen atoms in total. The molecule has 0 saturated heterocycles. The Hall–Kier alpha value is -0.150. The molecule has 0 saturated carbocycles. The molecular formula is C13H20IO2P.